The summed E-state index contributed by atoms with van der Waals surface area (Å²) in [6.45, 7) is 5.21. The SMILES string of the molecule is CN(C)C(=O)c1cc2cnc(Nc3ccc(CN4CCC5(CC4)CN(c4cccc6c4C4(CC4)C(=O)N6)C5)cn3)nc2n1C1CCCC1. The van der Waals surface area contributed by atoms with Gasteiger partial charge in [0.05, 0.1) is 5.41 Å². The third kappa shape index (κ3) is 4.84. The highest BCUT2D eigenvalue weighted by molar-refractivity contribution is 6.10. The van der Waals surface area contributed by atoms with E-state index in [-0.39, 0.29) is 23.3 Å². The van der Waals surface area contributed by atoms with E-state index in [2.05, 4.69) is 54.2 Å². The highest BCUT2D eigenvalue weighted by atomic mass is 16.2. The van der Waals surface area contributed by atoms with E-state index in [4.69, 9.17) is 9.97 Å². The van der Waals surface area contributed by atoms with Gasteiger partial charge in [-0.3, -0.25) is 14.5 Å². The molecule has 3 aromatic heterocycles. The zero-order valence-electron chi connectivity index (χ0n) is 27.8. The molecule has 0 atom stereocenters. The van der Waals surface area contributed by atoms with Gasteiger partial charge in [0, 0.05) is 79.9 Å². The molecule has 11 nitrogen and oxygen atoms in total. The van der Waals surface area contributed by atoms with Crippen molar-refractivity contribution >= 4 is 46.0 Å². The minimum absolute atomic E-state index is 0.0110. The Balaban J connectivity index is 0.825. The maximum absolute atomic E-state index is 13.0. The van der Waals surface area contributed by atoms with E-state index in [0.29, 0.717) is 22.9 Å². The van der Waals surface area contributed by atoms with Crippen LogP contribution in [-0.4, -0.2) is 81.4 Å². The lowest BCUT2D eigenvalue weighted by molar-refractivity contribution is -0.117. The van der Waals surface area contributed by atoms with Crippen molar-refractivity contribution in [1.29, 1.82) is 0 Å². The minimum atomic E-state index is -0.254. The molecule has 9 rings (SSSR count). The van der Waals surface area contributed by atoms with Crippen LogP contribution in [0.1, 0.15) is 79.0 Å². The maximum atomic E-state index is 13.0. The molecule has 2 saturated carbocycles. The molecule has 248 valence electrons. The number of benzene rings is 1. The van der Waals surface area contributed by atoms with Gasteiger partial charge in [-0.1, -0.05) is 25.0 Å². The van der Waals surface area contributed by atoms with Gasteiger partial charge in [0.25, 0.3) is 5.91 Å². The van der Waals surface area contributed by atoms with Crippen LogP contribution >= 0.6 is 0 Å². The molecular formula is C37H43N9O2. The molecule has 3 aliphatic heterocycles. The number of rotatable bonds is 7. The number of hydrogen-bond donors (Lipinski definition) is 2. The average Bonchev–Trinajstić information content (AvgIpc) is 3.38. The summed E-state index contributed by atoms with van der Waals surface area (Å²) >= 11 is 0. The van der Waals surface area contributed by atoms with Crippen LogP contribution in [0.15, 0.2) is 48.8 Å². The Morgan fingerprint density at radius 2 is 1.81 bits per heavy atom. The Labute approximate surface area is 280 Å². The quantitative estimate of drug-likeness (QED) is 0.272. The summed E-state index contributed by atoms with van der Waals surface area (Å²) in [5.74, 6) is 1.37. The number of aromatic nitrogens is 4. The molecule has 0 unspecified atom stereocenters. The Bertz CT molecular complexity index is 1910. The van der Waals surface area contributed by atoms with Gasteiger partial charge >= 0.3 is 0 Å². The molecule has 2 spiro atoms. The predicted molar refractivity (Wildman–Crippen MR) is 186 cm³/mol. The second kappa shape index (κ2) is 11.0. The number of nitrogens with one attached hydrogen (secondary N) is 2. The number of carbonyl (C=O) groups is 2. The van der Waals surface area contributed by atoms with Crippen molar-refractivity contribution in [3.05, 3.63) is 65.6 Å². The maximum Gasteiger partial charge on any atom is 0.270 e. The third-order valence-electron chi connectivity index (χ3n) is 11.6. The Hall–Kier alpha value is -4.51. The van der Waals surface area contributed by atoms with Gasteiger partial charge in [0.15, 0.2) is 0 Å². The van der Waals surface area contributed by atoms with Crippen molar-refractivity contribution in [2.24, 2.45) is 5.41 Å². The molecule has 1 aromatic carbocycles. The van der Waals surface area contributed by atoms with Gasteiger partial charge in [-0.05, 0) is 81.4 Å². The molecule has 11 heteroatoms. The number of pyridine rings is 1. The fourth-order valence-electron chi connectivity index (χ4n) is 8.76. The summed E-state index contributed by atoms with van der Waals surface area (Å²) in [5, 5.41) is 7.31. The predicted octanol–water partition coefficient (Wildman–Crippen LogP) is 5.47. The Morgan fingerprint density at radius 1 is 1.02 bits per heavy atom. The number of carbonyl (C=O) groups excluding carboxylic acids is 2. The highest BCUT2D eigenvalue weighted by Gasteiger charge is 2.58. The molecule has 4 fully saturated rings. The second-order valence-electron chi connectivity index (χ2n) is 15.1. The summed E-state index contributed by atoms with van der Waals surface area (Å²) < 4.78 is 2.13. The van der Waals surface area contributed by atoms with Crippen LogP contribution in [0.5, 0.6) is 0 Å². The number of hydrogen-bond acceptors (Lipinski definition) is 8. The van der Waals surface area contributed by atoms with E-state index in [1.165, 1.54) is 42.5 Å². The average molecular weight is 646 g/mol. The fourth-order valence-corrected chi connectivity index (χ4v) is 8.76. The zero-order valence-corrected chi connectivity index (χ0v) is 27.8. The number of likely N-dealkylation sites (tertiary alicyclic amines) is 1. The van der Waals surface area contributed by atoms with Crippen molar-refractivity contribution in [3.8, 4) is 0 Å². The smallest absolute Gasteiger partial charge is 0.270 e. The highest BCUT2D eigenvalue weighted by Crippen LogP contribution is 2.59. The normalized spacial score (nSPS) is 21.0. The molecule has 48 heavy (non-hydrogen) atoms. The van der Waals surface area contributed by atoms with Crippen molar-refractivity contribution in [2.45, 2.75) is 69.4 Å². The zero-order chi connectivity index (χ0) is 32.6. The first-order valence-electron chi connectivity index (χ1n) is 17.5. The van der Waals surface area contributed by atoms with Crippen LogP contribution in [0.3, 0.4) is 0 Å². The van der Waals surface area contributed by atoms with Crippen LogP contribution in [0.2, 0.25) is 0 Å². The summed E-state index contributed by atoms with van der Waals surface area (Å²) in [7, 11) is 3.58. The largest absolute Gasteiger partial charge is 0.370 e. The van der Waals surface area contributed by atoms with E-state index in [1.54, 1.807) is 25.2 Å². The summed E-state index contributed by atoms with van der Waals surface area (Å²) in [6.07, 6.45) is 12.5. The first-order valence-corrected chi connectivity index (χ1v) is 17.5. The number of anilines is 4. The molecule has 0 bridgehead atoms. The molecule has 2 amide bonds. The Kier molecular flexibility index (Phi) is 6.80. The van der Waals surface area contributed by atoms with E-state index in [0.717, 1.165) is 75.1 Å². The third-order valence-corrected chi connectivity index (χ3v) is 11.6. The van der Waals surface area contributed by atoms with Crippen LogP contribution in [0.4, 0.5) is 23.1 Å². The molecule has 2 aliphatic carbocycles. The van der Waals surface area contributed by atoms with Crippen LogP contribution in [0.25, 0.3) is 11.0 Å². The van der Waals surface area contributed by atoms with E-state index in [9.17, 15) is 9.59 Å². The number of piperidine rings is 1. The molecule has 0 radical (unpaired) electrons. The van der Waals surface area contributed by atoms with Gasteiger partial charge in [-0.15, -0.1) is 0 Å². The first kappa shape index (κ1) is 29.6. The van der Waals surface area contributed by atoms with Gasteiger partial charge in [0.2, 0.25) is 11.9 Å². The van der Waals surface area contributed by atoms with Crippen LogP contribution in [-0.2, 0) is 16.8 Å². The molecule has 2 N–H and O–H groups in total. The number of nitrogens with zero attached hydrogens (tertiary/aromatic N) is 7. The van der Waals surface area contributed by atoms with Crippen molar-refractivity contribution < 1.29 is 9.59 Å². The lowest BCUT2D eigenvalue weighted by Gasteiger charge is -2.55. The van der Waals surface area contributed by atoms with Gasteiger partial charge in [-0.2, -0.15) is 4.98 Å². The summed E-state index contributed by atoms with van der Waals surface area (Å²) in [6, 6.07) is 12.7. The van der Waals surface area contributed by atoms with Gasteiger partial charge in [-0.25, -0.2) is 9.97 Å². The first-order chi connectivity index (χ1) is 23.3. The van der Waals surface area contributed by atoms with Gasteiger partial charge < -0.3 is 25.0 Å². The molecular weight excluding hydrogens is 602 g/mol. The van der Waals surface area contributed by atoms with Crippen LogP contribution < -0.4 is 15.5 Å². The molecule has 5 aliphatic rings. The number of fused-ring (bicyclic) bond motifs is 3. The number of amides is 2. The molecule has 2 saturated heterocycles. The summed E-state index contributed by atoms with van der Waals surface area (Å²) in [4.78, 5) is 46.5. The van der Waals surface area contributed by atoms with Gasteiger partial charge in [0.1, 0.15) is 17.2 Å². The minimum Gasteiger partial charge on any atom is -0.370 e. The standard InChI is InChI=1S/C37H43N9O2/c1-43(2)33(47)29-18-25-20-39-35(42-32(25)46(29)26-6-3-4-7-26)41-30-11-10-24(19-38-30)21-44-16-14-36(15-17-44)22-45(23-36)28-9-5-8-27-31(28)37(12-13-37)34(48)40-27/h5,8-11,18-20,26H,3-4,6-7,12-17,21-23H2,1-2H3,(H,40,48)(H,38,39,41,42). The van der Waals surface area contributed by atoms with E-state index in [1.807, 2.05) is 18.3 Å². The van der Waals surface area contributed by atoms with Crippen molar-refractivity contribution in [3.63, 3.8) is 0 Å². The van der Waals surface area contributed by atoms with E-state index < -0.39 is 0 Å². The molecule has 6 heterocycles. The lowest BCUT2D eigenvalue weighted by atomic mass is 9.71. The van der Waals surface area contributed by atoms with Crippen molar-refractivity contribution in [2.75, 3.05) is 55.8 Å². The fraction of sp³-hybridized carbons (Fsp3) is 0.486. The second-order valence-corrected chi connectivity index (χ2v) is 15.1. The summed E-state index contributed by atoms with van der Waals surface area (Å²) in [5.41, 5.74) is 6.33. The monoisotopic (exact) mass is 645 g/mol. The van der Waals surface area contributed by atoms with Crippen LogP contribution in [0, 0.1) is 5.41 Å². The molecule has 4 aromatic rings. The lowest BCUT2D eigenvalue weighted by Crippen LogP contribution is -2.60. The van der Waals surface area contributed by atoms with Crippen molar-refractivity contribution in [1.82, 2.24) is 29.3 Å². The Morgan fingerprint density at radius 3 is 2.52 bits per heavy atom. The topological polar surface area (TPSA) is 112 Å². The van der Waals surface area contributed by atoms with E-state index >= 15 is 0 Å².